The number of aromatic carboxylic acids is 1. The van der Waals surface area contributed by atoms with Gasteiger partial charge >= 0.3 is 5.97 Å². The van der Waals surface area contributed by atoms with Crippen molar-refractivity contribution >= 4 is 5.97 Å². The van der Waals surface area contributed by atoms with Crippen molar-refractivity contribution in [3.63, 3.8) is 0 Å². The lowest BCUT2D eigenvalue weighted by Gasteiger charge is -2.07. The zero-order valence-corrected chi connectivity index (χ0v) is 6.97. The number of hydrogen-bond acceptors (Lipinski definition) is 3. The topological polar surface area (TPSA) is 76.2 Å². The Morgan fingerprint density at radius 1 is 1.77 bits per heavy atom. The molecule has 0 radical (unpaired) electrons. The number of carbonyl (C=O) groups is 1. The van der Waals surface area contributed by atoms with Crippen LogP contribution >= 0.6 is 0 Å². The van der Waals surface area contributed by atoms with Crippen LogP contribution in [0.4, 0.5) is 0 Å². The van der Waals surface area contributed by atoms with Gasteiger partial charge in [0, 0.05) is 6.20 Å². The maximum atomic E-state index is 10.7. The Bertz CT molecular complexity index is 336. The lowest BCUT2D eigenvalue weighted by molar-refractivity contribution is 0.0695. The Labute approximate surface area is 75.7 Å². The summed E-state index contributed by atoms with van der Waals surface area (Å²) in [6, 6.07) is 2.49. The van der Waals surface area contributed by atoms with E-state index < -0.39 is 12.0 Å². The monoisotopic (exact) mass is 178 g/mol. The summed E-state index contributed by atoms with van der Waals surface area (Å²) in [5.41, 5.74) is 6.05. The van der Waals surface area contributed by atoms with Crippen molar-refractivity contribution in [2.75, 3.05) is 0 Å². The van der Waals surface area contributed by atoms with E-state index in [0.29, 0.717) is 5.69 Å². The van der Waals surface area contributed by atoms with Crippen LogP contribution in [-0.4, -0.2) is 16.1 Å². The van der Waals surface area contributed by atoms with Gasteiger partial charge in [0.05, 0.1) is 17.3 Å². The molecule has 13 heavy (non-hydrogen) atoms. The van der Waals surface area contributed by atoms with Gasteiger partial charge in [-0.1, -0.05) is 6.08 Å². The van der Waals surface area contributed by atoms with Crippen LogP contribution in [0.15, 0.2) is 31.0 Å². The molecule has 1 aromatic rings. The highest BCUT2D eigenvalue weighted by atomic mass is 16.4. The van der Waals surface area contributed by atoms with E-state index in [9.17, 15) is 4.79 Å². The number of nitrogens with zero attached hydrogens (tertiary/aromatic N) is 1. The largest absolute Gasteiger partial charge is 0.478 e. The Kier molecular flexibility index (Phi) is 2.76. The summed E-state index contributed by atoms with van der Waals surface area (Å²) in [5, 5.41) is 8.78. The van der Waals surface area contributed by atoms with Gasteiger partial charge in [0.1, 0.15) is 0 Å². The van der Waals surface area contributed by atoms with Crippen molar-refractivity contribution in [2.24, 2.45) is 5.73 Å². The second-order valence-electron chi connectivity index (χ2n) is 2.50. The Morgan fingerprint density at radius 2 is 2.46 bits per heavy atom. The molecule has 0 aliphatic heterocycles. The van der Waals surface area contributed by atoms with Gasteiger partial charge in [-0.15, -0.1) is 6.58 Å². The molecule has 3 N–H and O–H groups in total. The molecule has 1 rings (SSSR count). The highest BCUT2D eigenvalue weighted by molar-refractivity contribution is 5.89. The minimum atomic E-state index is -1.03. The third kappa shape index (κ3) is 1.91. The molecule has 1 aromatic heterocycles. The number of pyridine rings is 1. The highest BCUT2D eigenvalue weighted by Crippen LogP contribution is 2.13. The standard InChI is InChI=1S/C9H10N2O2/c1-2-7(10)8-6(9(12)13)4-3-5-11-8/h2-5,7H,1,10H2,(H,12,13). The van der Waals surface area contributed by atoms with E-state index in [-0.39, 0.29) is 5.56 Å². The molecule has 0 saturated carbocycles. The lowest BCUT2D eigenvalue weighted by atomic mass is 10.1. The second kappa shape index (κ2) is 3.82. The smallest absolute Gasteiger partial charge is 0.337 e. The molecule has 0 aromatic carbocycles. The van der Waals surface area contributed by atoms with Gasteiger partial charge in [0.25, 0.3) is 0 Å². The Balaban J connectivity index is 3.19. The van der Waals surface area contributed by atoms with Crippen LogP contribution in [0.5, 0.6) is 0 Å². The molecule has 1 unspecified atom stereocenters. The summed E-state index contributed by atoms with van der Waals surface area (Å²) in [4.78, 5) is 14.6. The number of carboxylic acid groups (broad SMARTS) is 1. The van der Waals surface area contributed by atoms with E-state index in [0.717, 1.165) is 0 Å². The lowest BCUT2D eigenvalue weighted by Crippen LogP contribution is -2.14. The van der Waals surface area contributed by atoms with Crippen LogP contribution in [0.1, 0.15) is 22.1 Å². The first-order valence-electron chi connectivity index (χ1n) is 3.73. The van der Waals surface area contributed by atoms with Crippen LogP contribution < -0.4 is 5.73 Å². The van der Waals surface area contributed by atoms with Crippen molar-refractivity contribution in [3.8, 4) is 0 Å². The molecule has 4 heteroatoms. The minimum absolute atomic E-state index is 0.120. The normalized spacial score (nSPS) is 12.1. The summed E-state index contributed by atoms with van der Waals surface area (Å²) in [6.45, 7) is 3.48. The van der Waals surface area contributed by atoms with Gasteiger partial charge in [-0.05, 0) is 12.1 Å². The fourth-order valence-electron chi connectivity index (χ4n) is 0.976. The summed E-state index contributed by atoms with van der Waals surface area (Å²) >= 11 is 0. The molecular formula is C9H10N2O2. The van der Waals surface area contributed by atoms with Crippen molar-refractivity contribution in [3.05, 3.63) is 42.2 Å². The van der Waals surface area contributed by atoms with Crippen LogP contribution in [0.25, 0.3) is 0 Å². The first-order chi connectivity index (χ1) is 6.16. The summed E-state index contributed by atoms with van der Waals surface area (Å²) in [5.74, 6) is -1.03. The van der Waals surface area contributed by atoms with Gasteiger partial charge in [-0.2, -0.15) is 0 Å². The van der Waals surface area contributed by atoms with Crippen molar-refractivity contribution in [2.45, 2.75) is 6.04 Å². The maximum Gasteiger partial charge on any atom is 0.337 e. The van der Waals surface area contributed by atoms with Crippen molar-refractivity contribution in [1.29, 1.82) is 0 Å². The minimum Gasteiger partial charge on any atom is -0.478 e. The zero-order valence-electron chi connectivity index (χ0n) is 6.97. The Hall–Kier alpha value is -1.68. The first kappa shape index (κ1) is 9.41. The first-order valence-corrected chi connectivity index (χ1v) is 3.73. The van der Waals surface area contributed by atoms with Gasteiger partial charge in [0.15, 0.2) is 0 Å². The number of aromatic nitrogens is 1. The van der Waals surface area contributed by atoms with E-state index in [2.05, 4.69) is 11.6 Å². The third-order valence-electron chi connectivity index (χ3n) is 1.64. The van der Waals surface area contributed by atoms with Crippen LogP contribution in [0.3, 0.4) is 0 Å². The number of hydrogen-bond donors (Lipinski definition) is 2. The van der Waals surface area contributed by atoms with Crippen LogP contribution in [0, 0.1) is 0 Å². The van der Waals surface area contributed by atoms with E-state index in [1.54, 1.807) is 6.07 Å². The average molecular weight is 178 g/mol. The van der Waals surface area contributed by atoms with Gasteiger partial charge in [-0.25, -0.2) is 4.79 Å². The summed E-state index contributed by atoms with van der Waals surface area (Å²) in [7, 11) is 0. The Morgan fingerprint density at radius 3 is 3.00 bits per heavy atom. The molecule has 1 atom stereocenters. The van der Waals surface area contributed by atoms with Crippen LogP contribution in [-0.2, 0) is 0 Å². The number of carboxylic acids is 1. The molecule has 0 aliphatic rings. The van der Waals surface area contributed by atoms with Gasteiger partial charge in [-0.3, -0.25) is 4.98 Å². The SMILES string of the molecule is C=CC(N)c1ncccc1C(=O)O. The predicted molar refractivity (Wildman–Crippen MR) is 48.3 cm³/mol. The summed E-state index contributed by atoms with van der Waals surface area (Å²) in [6.07, 6.45) is 2.96. The van der Waals surface area contributed by atoms with Gasteiger partial charge < -0.3 is 10.8 Å². The predicted octanol–water partition coefficient (Wildman–Crippen LogP) is 0.966. The van der Waals surface area contributed by atoms with Crippen LogP contribution in [0.2, 0.25) is 0 Å². The average Bonchev–Trinajstić information content (AvgIpc) is 2.16. The van der Waals surface area contributed by atoms with E-state index in [1.807, 2.05) is 0 Å². The quantitative estimate of drug-likeness (QED) is 0.676. The molecule has 1 heterocycles. The zero-order chi connectivity index (χ0) is 9.84. The van der Waals surface area contributed by atoms with Crippen molar-refractivity contribution < 1.29 is 9.90 Å². The van der Waals surface area contributed by atoms with E-state index >= 15 is 0 Å². The molecular weight excluding hydrogens is 168 g/mol. The van der Waals surface area contributed by atoms with Gasteiger partial charge in [0.2, 0.25) is 0 Å². The maximum absolute atomic E-state index is 10.7. The fourth-order valence-corrected chi connectivity index (χ4v) is 0.976. The molecule has 0 aliphatic carbocycles. The second-order valence-corrected chi connectivity index (χ2v) is 2.50. The summed E-state index contributed by atoms with van der Waals surface area (Å²) < 4.78 is 0. The molecule has 0 fully saturated rings. The molecule has 0 bridgehead atoms. The third-order valence-corrected chi connectivity index (χ3v) is 1.64. The highest BCUT2D eigenvalue weighted by Gasteiger charge is 2.13. The molecule has 0 amide bonds. The molecule has 4 nitrogen and oxygen atoms in total. The van der Waals surface area contributed by atoms with E-state index in [1.165, 1.54) is 18.3 Å². The van der Waals surface area contributed by atoms with Crippen molar-refractivity contribution in [1.82, 2.24) is 4.98 Å². The number of rotatable bonds is 3. The number of nitrogens with two attached hydrogens (primary N) is 1. The molecule has 0 saturated heterocycles. The van der Waals surface area contributed by atoms with E-state index in [4.69, 9.17) is 10.8 Å². The molecule has 68 valence electrons. The fraction of sp³-hybridized carbons (Fsp3) is 0.111. The molecule has 0 spiro atoms.